The first kappa shape index (κ1) is 27.2. The number of benzene rings is 3. The topological polar surface area (TPSA) is 77.8 Å². The van der Waals surface area contributed by atoms with Crippen molar-refractivity contribution in [3.8, 4) is 0 Å². The number of para-hydroxylation sites is 1. The van der Waals surface area contributed by atoms with E-state index in [0.717, 1.165) is 6.07 Å². The monoisotopic (exact) mass is 545 g/mol. The van der Waals surface area contributed by atoms with Crippen LogP contribution in [0.3, 0.4) is 0 Å². The van der Waals surface area contributed by atoms with Gasteiger partial charge in [-0.1, -0.05) is 60.1 Å². The van der Waals surface area contributed by atoms with Gasteiger partial charge in [0.25, 0.3) is 5.91 Å². The highest BCUT2D eigenvalue weighted by Gasteiger charge is 2.34. The molecule has 10 heteroatoms. The largest absolute Gasteiger partial charge is 0.449 e. The van der Waals surface area contributed by atoms with Crippen LogP contribution in [-0.2, 0) is 27.1 Å². The van der Waals surface area contributed by atoms with Gasteiger partial charge in [-0.15, -0.1) is 0 Å². The molecule has 0 aliphatic carbocycles. The summed E-state index contributed by atoms with van der Waals surface area (Å²) < 4.78 is 57.0. The SMILES string of the molecule is CC(C)OCc1c(C(=O)OC(C(=O)Nc2ccc(Cl)c(C(F)(F)F)c2)c2ccccc2)oc2ccccc12. The molecular formula is C28H23ClF3NO5. The van der Waals surface area contributed by atoms with Gasteiger partial charge in [-0.25, -0.2) is 4.79 Å². The number of esters is 1. The van der Waals surface area contributed by atoms with Crippen molar-refractivity contribution in [3.63, 3.8) is 0 Å². The highest BCUT2D eigenvalue weighted by Crippen LogP contribution is 2.36. The summed E-state index contributed by atoms with van der Waals surface area (Å²) in [5.41, 5.74) is -0.0809. The minimum atomic E-state index is -4.72. The molecule has 1 amide bonds. The molecule has 0 saturated heterocycles. The number of hydrogen-bond donors (Lipinski definition) is 1. The van der Waals surface area contributed by atoms with Gasteiger partial charge >= 0.3 is 12.1 Å². The van der Waals surface area contributed by atoms with Crippen LogP contribution in [0, 0.1) is 0 Å². The van der Waals surface area contributed by atoms with Crippen molar-refractivity contribution in [1.29, 1.82) is 0 Å². The first-order valence-corrected chi connectivity index (χ1v) is 12.0. The molecule has 0 spiro atoms. The lowest BCUT2D eigenvalue weighted by molar-refractivity contribution is -0.137. The number of nitrogens with one attached hydrogen (secondary N) is 1. The summed E-state index contributed by atoms with van der Waals surface area (Å²) in [6.07, 6.45) is -6.35. The maximum atomic E-state index is 13.3. The zero-order valence-electron chi connectivity index (χ0n) is 20.3. The number of ether oxygens (including phenoxy) is 2. The van der Waals surface area contributed by atoms with Crippen LogP contribution in [0.1, 0.15) is 47.2 Å². The Morgan fingerprint density at radius 2 is 1.68 bits per heavy atom. The molecule has 198 valence electrons. The third kappa shape index (κ3) is 6.17. The second-order valence-electron chi connectivity index (χ2n) is 8.64. The Kier molecular flexibility index (Phi) is 8.08. The fourth-order valence-corrected chi connectivity index (χ4v) is 3.97. The maximum absolute atomic E-state index is 13.3. The third-order valence-corrected chi connectivity index (χ3v) is 5.88. The van der Waals surface area contributed by atoms with Crippen molar-refractivity contribution in [3.05, 3.63) is 100 Å². The molecular weight excluding hydrogens is 523 g/mol. The molecule has 0 aliphatic heterocycles. The summed E-state index contributed by atoms with van der Waals surface area (Å²) in [4.78, 5) is 26.6. The first-order chi connectivity index (χ1) is 18.0. The van der Waals surface area contributed by atoms with Crippen LogP contribution in [-0.4, -0.2) is 18.0 Å². The lowest BCUT2D eigenvalue weighted by Gasteiger charge is -2.19. The normalized spacial score (nSPS) is 12.5. The highest BCUT2D eigenvalue weighted by molar-refractivity contribution is 6.31. The van der Waals surface area contributed by atoms with Crippen LogP contribution < -0.4 is 5.32 Å². The van der Waals surface area contributed by atoms with Crippen molar-refractivity contribution >= 4 is 40.1 Å². The molecule has 1 atom stereocenters. The minimum absolute atomic E-state index is 0.0618. The van der Waals surface area contributed by atoms with E-state index < -0.39 is 34.7 Å². The summed E-state index contributed by atoms with van der Waals surface area (Å²) in [6, 6.07) is 18.0. The Hall–Kier alpha value is -3.82. The molecule has 1 unspecified atom stereocenters. The zero-order valence-corrected chi connectivity index (χ0v) is 21.1. The maximum Gasteiger partial charge on any atom is 0.417 e. The number of anilines is 1. The van der Waals surface area contributed by atoms with Gasteiger partial charge in [-0.2, -0.15) is 13.2 Å². The number of fused-ring (bicyclic) bond motifs is 1. The van der Waals surface area contributed by atoms with E-state index in [1.807, 2.05) is 13.8 Å². The predicted molar refractivity (Wildman–Crippen MR) is 136 cm³/mol. The van der Waals surface area contributed by atoms with Gasteiger partial charge in [0.15, 0.2) is 0 Å². The van der Waals surface area contributed by atoms with Gasteiger partial charge in [-0.3, -0.25) is 4.79 Å². The van der Waals surface area contributed by atoms with E-state index in [-0.39, 0.29) is 24.2 Å². The number of furan rings is 1. The van der Waals surface area contributed by atoms with Crippen LogP contribution in [0.5, 0.6) is 0 Å². The Labute approximate surface area is 221 Å². The molecule has 0 aliphatic rings. The smallest absolute Gasteiger partial charge is 0.417 e. The highest BCUT2D eigenvalue weighted by atomic mass is 35.5. The molecule has 0 bridgehead atoms. The van der Waals surface area contributed by atoms with Gasteiger partial charge in [0.2, 0.25) is 11.9 Å². The number of amides is 1. The van der Waals surface area contributed by atoms with E-state index in [2.05, 4.69) is 5.32 Å². The van der Waals surface area contributed by atoms with Crippen molar-refractivity contribution < 1.29 is 36.7 Å². The van der Waals surface area contributed by atoms with E-state index in [9.17, 15) is 22.8 Å². The van der Waals surface area contributed by atoms with Crippen LogP contribution in [0.25, 0.3) is 11.0 Å². The molecule has 0 fully saturated rings. The van der Waals surface area contributed by atoms with Crippen LogP contribution in [0.15, 0.2) is 77.2 Å². The van der Waals surface area contributed by atoms with Gasteiger partial charge < -0.3 is 19.2 Å². The van der Waals surface area contributed by atoms with Crippen molar-refractivity contribution in [2.75, 3.05) is 5.32 Å². The summed E-state index contributed by atoms with van der Waals surface area (Å²) in [7, 11) is 0. The molecule has 38 heavy (non-hydrogen) atoms. The molecule has 1 N–H and O–H groups in total. The third-order valence-electron chi connectivity index (χ3n) is 5.55. The van der Waals surface area contributed by atoms with Gasteiger partial charge in [0.05, 0.1) is 23.3 Å². The zero-order chi connectivity index (χ0) is 27.4. The fraction of sp³-hybridized carbons (Fsp3) is 0.214. The van der Waals surface area contributed by atoms with E-state index in [0.29, 0.717) is 28.2 Å². The molecule has 0 radical (unpaired) electrons. The number of carbonyl (C=O) groups excluding carboxylic acids is 2. The lowest BCUT2D eigenvalue weighted by Crippen LogP contribution is -2.26. The Morgan fingerprint density at radius 1 is 1.00 bits per heavy atom. The van der Waals surface area contributed by atoms with Crippen LogP contribution in [0.2, 0.25) is 5.02 Å². The Balaban J connectivity index is 1.66. The van der Waals surface area contributed by atoms with Crippen molar-refractivity contribution in [2.45, 2.75) is 38.8 Å². The molecule has 4 aromatic rings. The van der Waals surface area contributed by atoms with E-state index in [4.69, 9.17) is 25.5 Å². The number of alkyl halides is 3. The summed E-state index contributed by atoms with van der Waals surface area (Å²) in [5.74, 6) is -1.93. The Morgan fingerprint density at radius 3 is 2.37 bits per heavy atom. The average molecular weight is 546 g/mol. The molecule has 1 aromatic heterocycles. The molecule has 4 rings (SSSR count). The second-order valence-corrected chi connectivity index (χ2v) is 9.05. The average Bonchev–Trinajstić information content (AvgIpc) is 3.25. The van der Waals surface area contributed by atoms with Gasteiger partial charge in [0, 0.05) is 22.2 Å². The van der Waals surface area contributed by atoms with Crippen molar-refractivity contribution in [2.24, 2.45) is 0 Å². The standard InChI is InChI=1S/C28H23ClF3NO5/c1-16(2)36-15-20-19-10-6-7-11-23(19)37-25(20)27(35)38-24(17-8-4-3-5-9-17)26(34)33-18-12-13-22(29)21(14-18)28(30,31)32/h3-14,16,24H,15H2,1-2H3,(H,33,34). The van der Waals surface area contributed by atoms with Gasteiger partial charge in [-0.05, 0) is 38.1 Å². The summed E-state index contributed by atoms with van der Waals surface area (Å²) in [5, 5.41) is 2.53. The fourth-order valence-electron chi connectivity index (χ4n) is 3.75. The van der Waals surface area contributed by atoms with Crippen LogP contribution in [0.4, 0.5) is 18.9 Å². The number of halogens is 4. The summed E-state index contributed by atoms with van der Waals surface area (Å²) >= 11 is 5.68. The molecule has 3 aromatic carbocycles. The van der Waals surface area contributed by atoms with Crippen LogP contribution >= 0.6 is 11.6 Å². The number of hydrogen-bond acceptors (Lipinski definition) is 5. The lowest BCUT2D eigenvalue weighted by atomic mass is 10.1. The van der Waals surface area contributed by atoms with E-state index >= 15 is 0 Å². The molecule has 0 saturated carbocycles. The van der Waals surface area contributed by atoms with E-state index in [1.54, 1.807) is 54.6 Å². The molecule has 6 nitrogen and oxygen atoms in total. The second kappa shape index (κ2) is 11.3. The number of rotatable bonds is 8. The van der Waals surface area contributed by atoms with E-state index in [1.165, 1.54) is 6.07 Å². The number of carbonyl (C=O) groups is 2. The predicted octanol–water partition coefficient (Wildman–Crippen LogP) is 7.57. The van der Waals surface area contributed by atoms with Gasteiger partial charge in [0.1, 0.15) is 5.58 Å². The summed E-state index contributed by atoms with van der Waals surface area (Å²) in [6.45, 7) is 3.75. The first-order valence-electron chi connectivity index (χ1n) is 11.6. The minimum Gasteiger partial charge on any atom is -0.449 e. The quantitative estimate of drug-likeness (QED) is 0.231. The van der Waals surface area contributed by atoms with Crippen molar-refractivity contribution in [1.82, 2.24) is 0 Å². The Bertz CT molecular complexity index is 1450. The molecule has 1 heterocycles.